The first-order valence-corrected chi connectivity index (χ1v) is 7.34. The van der Waals surface area contributed by atoms with Crippen molar-refractivity contribution in [1.82, 2.24) is 15.1 Å². The van der Waals surface area contributed by atoms with Crippen molar-refractivity contribution in [3.8, 4) is 0 Å². The smallest absolute Gasteiger partial charge is 0.312 e. The number of nitrogens with one attached hydrogen (secondary N) is 1. The van der Waals surface area contributed by atoms with Gasteiger partial charge in [-0.1, -0.05) is 13.8 Å². The second-order valence-electron chi connectivity index (χ2n) is 5.53. The maximum atomic E-state index is 12.4. The van der Waals surface area contributed by atoms with Gasteiger partial charge in [0.15, 0.2) is 0 Å². The molecule has 0 radical (unpaired) electrons. The SMILES string of the molecule is COCCN(CC(C)C)C(=O)C(=O)N1CCCNCC1. The van der Waals surface area contributed by atoms with E-state index in [1.807, 2.05) is 13.8 Å². The summed E-state index contributed by atoms with van der Waals surface area (Å²) < 4.78 is 5.02. The molecule has 1 fully saturated rings. The van der Waals surface area contributed by atoms with Crippen LogP contribution in [0.2, 0.25) is 0 Å². The van der Waals surface area contributed by atoms with Crippen LogP contribution in [0.15, 0.2) is 0 Å². The van der Waals surface area contributed by atoms with Gasteiger partial charge in [0, 0.05) is 39.8 Å². The minimum absolute atomic E-state index is 0.328. The van der Waals surface area contributed by atoms with Crippen LogP contribution in [0.25, 0.3) is 0 Å². The van der Waals surface area contributed by atoms with Gasteiger partial charge in [0.25, 0.3) is 0 Å². The number of hydrogen-bond acceptors (Lipinski definition) is 4. The largest absolute Gasteiger partial charge is 0.383 e. The fourth-order valence-electron chi connectivity index (χ4n) is 2.24. The molecule has 1 heterocycles. The summed E-state index contributed by atoms with van der Waals surface area (Å²) in [6, 6.07) is 0. The lowest BCUT2D eigenvalue weighted by atomic mass is 10.2. The van der Waals surface area contributed by atoms with Crippen LogP contribution in [0.5, 0.6) is 0 Å². The normalized spacial score (nSPS) is 16.1. The number of rotatable bonds is 5. The van der Waals surface area contributed by atoms with E-state index in [-0.39, 0.29) is 5.91 Å². The average Bonchev–Trinajstić information content (AvgIpc) is 2.70. The molecule has 2 amide bonds. The fourth-order valence-corrected chi connectivity index (χ4v) is 2.24. The van der Waals surface area contributed by atoms with Crippen molar-refractivity contribution in [2.24, 2.45) is 5.92 Å². The molecule has 0 spiro atoms. The van der Waals surface area contributed by atoms with Crippen LogP contribution < -0.4 is 5.32 Å². The van der Waals surface area contributed by atoms with Gasteiger partial charge in [0.1, 0.15) is 0 Å². The Balaban J connectivity index is 2.63. The van der Waals surface area contributed by atoms with Crippen LogP contribution >= 0.6 is 0 Å². The topological polar surface area (TPSA) is 61.9 Å². The Labute approximate surface area is 121 Å². The summed E-state index contributed by atoms with van der Waals surface area (Å²) >= 11 is 0. The molecule has 1 saturated heterocycles. The highest BCUT2D eigenvalue weighted by molar-refractivity contribution is 6.34. The molecule has 0 saturated carbocycles. The van der Waals surface area contributed by atoms with E-state index < -0.39 is 5.91 Å². The van der Waals surface area contributed by atoms with Crippen molar-refractivity contribution in [2.75, 3.05) is 53.0 Å². The summed E-state index contributed by atoms with van der Waals surface area (Å²) in [6.45, 7) is 8.47. The summed E-state index contributed by atoms with van der Waals surface area (Å²) in [6.07, 6.45) is 0.890. The van der Waals surface area contributed by atoms with Crippen molar-refractivity contribution in [3.05, 3.63) is 0 Å². The van der Waals surface area contributed by atoms with Gasteiger partial charge in [-0.15, -0.1) is 0 Å². The molecular weight excluding hydrogens is 258 g/mol. The zero-order chi connectivity index (χ0) is 15.0. The molecule has 6 nitrogen and oxygen atoms in total. The number of ether oxygens (including phenoxy) is 1. The van der Waals surface area contributed by atoms with Crippen LogP contribution in [0.3, 0.4) is 0 Å². The predicted molar refractivity (Wildman–Crippen MR) is 77.4 cm³/mol. The van der Waals surface area contributed by atoms with Gasteiger partial charge in [-0.3, -0.25) is 9.59 Å². The third-order valence-corrected chi connectivity index (χ3v) is 3.25. The van der Waals surface area contributed by atoms with E-state index in [2.05, 4.69) is 5.32 Å². The number of hydrogen-bond donors (Lipinski definition) is 1. The highest BCUT2D eigenvalue weighted by Gasteiger charge is 2.27. The molecule has 0 bridgehead atoms. The molecule has 1 N–H and O–H groups in total. The number of amides is 2. The number of carbonyl (C=O) groups excluding carboxylic acids is 2. The molecular formula is C14H27N3O3. The van der Waals surface area contributed by atoms with Crippen molar-refractivity contribution in [3.63, 3.8) is 0 Å². The summed E-state index contributed by atoms with van der Waals surface area (Å²) in [4.78, 5) is 27.9. The molecule has 0 aromatic rings. The van der Waals surface area contributed by atoms with Gasteiger partial charge in [-0.25, -0.2) is 0 Å². The Morgan fingerprint density at radius 1 is 1.30 bits per heavy atom. The Kier molecular flexibility index (Phi) is 7.54. The summed E-state index contributed by atoms with van der Waals surface area (Å²) in [5.74, 6) is -0.461. The molecule has 20 heavy (non-hydrogen) atoms. The maximum Gasteiger partial charge on any atom is 0.312 e. The molecule has 0 aromatic heterocycles. The van der Waals surface area contributed by atoms with Crippen LogP contribution in [0, 0.1) is 5.92 Å². The minimum Gasteiger partial charge on any atom is -0.383 e. The number of methoxy groups -OCH3 is 1. The van der Waals surface area contributed by atoms with Gasteiger partial charge in [-0.05, 0) is 18.9 Å². The molecule has 6 heteroatoms. The van der Waals surface area contributed by atoms with E-state index in [1.165, 1.54) is 0 Å². The van der Waals surface area contributed by atoms with E-state index in [0.29, 0.717) is 38.7 Å². The van der Waals surface area contributed by atoms with Crippen LogP contribution in [0.1, 0.15) is 20.3 Å². The molecule has 0 aliphatic carbocycles. The van der Waals surface area contributed by atoms with E-state index >= 15 is 0 Å². The van der Waals surface area contributed by atoms with Crippen LogP contribution in [0.4, 0.5) is 0 Å². The maximum absolute atomic E-state index is 12.4. The third kappa shape index (κ3) is 5.46. The molecule has 1 aliphatic rings. The molecule has 0 aromatic carbocycles. The van der Waals surface area contributed by atoms with Crippen LogP contribution in [-0.2, 0) is 14.3 Å². The van der Waals surface area contributed by atoms with Gasteiger partial charge in [0.2, 0.25) is 0 Å². The average molecular weight is 285 g/mol. The summed E-state index contributed by atoms with van der Waals surface area (Å²) in [7, 11) is 1.60. The van der Waals surface area contributed by atoms with E-state index in [9.17, 15) is 9.59 Å². The summed E-state index contributed by atoms with van der Waals surface area (Å²) in [5.41, 5.74) is 0. The van der Waals surface area contributed by atoms with E-state index in [4.69, 9.17) is 4.74 Å². The number of carbonyl (C=O) groups is 2. The van der Waals surface area contributed by atoms with E-state index in [0.717, 1.165) is 19.5 Å². The quantitative estimate of drug-likeness (QED) is 0.719. The van der Waals surface area contributed by atoms with Crippen LogP contribution in [-0.4, -0.2) is 74.6 Å². The first kappa shape index (κ1) is 16.9. The zero-order valence-corrected chi connectivity index (χ0v) is 12.9. The lowest BCUT2D eigenvalue weighted by Crippen LogP contribution is -2.48. The summed E-state index contributed by atoms with van der Waals surface area (Å²) in [5, 5.41) is 3.23. The Hall–Kier alpha value is -1.14. The molecule has 1 rings (SSSR count). The Bertz CT molecular complexity index is 313. The van der Waals surface area contributed by atoms with Crippen molar-refractivity contribution < 1.29 is 14.3 Å². The molecule has 1 aliphatic heterocycles. The molecule has 0 atom stereocenters. The van der Waals surface area contributed by atoms with Crippen molar-refractivity contribution in [1.29, 1.82) is 0 Å². The Morgan fingerprint density at radius 3 is 2.70 bits per heavy atom. The monoisotopic (exact) mass is 285 g/mol. The van der Waals surface area contributed by atoms with E-state index in [1.54, 1.807) is 16.9 Å². The highest BCUT2D eigenvalue weighted by Crippen LogP contribution is 2.04. The minimum atomic E-state index is -0.405. The first-order valence-electron chi connectivity index (χ1n) is 7.34. The second kappa shape index (κ2) is 8.92. The van der Waals surface area contributed by atoms with Gasteiger partial charge >= 0.3 is 11.8 Å². The zero-order valence-electron chi connectivity index (χ0n) is 12.9. The molecule has 0 unspecified atom stereocenters. The first-order chi connectivity index (χ1) is 9.56. The highest BCUT2D eigenvalue weighted by atomic mass is 16.5. The van der Waals surface area contributed by atoms with Gasteiger partial charge in [-0.2, -0.15) is 0 Å². The van der Waals surface area contributed by atoms with Gasteiger partial charge < -0.3 is 19.9 Å². The standard InChI is InChI=1S/C14H27N3O3/c1-12(2)11-17(9-10-20-3)14(19)13(18)16-7-4-5-15-6-8-16/h12,15H,4-11H2,1-3H3. The Morgan fingerprint density at radius 2 is 2.05 bits per heavy atom. The van der Waals surface area contributed by atoms with Crippen molar-refractivity contribution in [2.45, 2.75) is 20.3 Å². The lowest BCUT2D eigenvalue weighted by Gasteiger charge is -2.27. The fraction of sp³-hybridized carbons (Fsp3) is 0.857. The predicted octanol–water partition coefficient (Wildman–Crippen LogP) is -0.0607. The second-order valence-corrected chi connectivity index (χ2v) is 5.53. The third-order valence-electron chi connectivity index (χ3n) is 3.25. The van der Waals surface area contributed by atoms with Gasteiger partial charge in [0.05, 0.1) is 6.61 Å². The van der Waals surface area contributed by atoms with Crippen molar-refractivity contribution >= 4 is 11.8 Å². The molecule has 116 valence electrons. The number of nitrogens with zero attached hydrogens (tertiary/aromatic N) is 2. The lowest BCUT2D eigenvalue weighted by molar-refractivity contribution is -0.152.